The molecule has 1 N–H and O–H groups in total. The van der Waals surface area contributed by atoms with Crippen molar-refractivity contribution < 1.29 is 14.6 Å². The molecule has 0 amide bonds. The first-order chi connectivity index (χ1) is 7.72. The molecule has 0 bridgehead atoms. The van der Waals surface area contributed by atoms with Crippen LogP contribution in [-0.4, -0.2) is 24.3 Å². The highest BCUT2D eigenvalue weighted by Crippen LogP contribution is 2.07. The zero-order valence-corrected chi connectivity index (χ0v) is 11.1. The molecule has 0 aliphatic heterocycles. The average Bonchev–Trinajstić information content (AvgIpc) is 2.25. The van der Waals surface area contributed by atoms with Crippen molar-refractivity contribution in [3.8, 4) is 0 Å². The van der Waals surface area contributed by atoms with E-state index in [1.165, 1.54) is 32.1 Å². The fourth-order valence-electron chi connectivity index (χ4n) is 1.28. The Bertz CT molecular complexity index is 135. The number of hydrogen-bond acceptors (Lipinski definition) is 3. The van der Waals surface area contributed by atoms with Crippen LogP contribution in [0.25, 0.3) is 0 Å². The number of hydrogen-bond donors (Lipinski definition) is 1. The molecular weight excluding hydrogens is 204 g/mol. The van der Waals surface area contributed by atoms with Crippen LogP contribution in [0.1, 0.15) is 65.7 Å². The second kappa shape index (κ2) is 16.8. The van der Waals surface area contributed by atoms with E-state index in [1.807, 2.05) is 6.92 Å². The van der Waals surface area contributed by atoms with Gasteiger partial charge in [-0.1, -0.05) is 39.0 Å². The van der Waals surface area contributed by atoms with Crippen molar-refractivity contribution in [2.75, 3.05) is 13.2 Å². The number of aliphatic hydroxyl groups excluding tert-OH is 1. The Balaban J connectivity index is 0. The lowest BCUT2D eigenvalue weighted by Gasteiger charge is -2.01. The van der Waals surface area contributed by atoms with Crippen molar-refractivity contribution in [2.45, 2.75) is 65.7 Å². The number of ether oxygens (including phenoxy) is 1. The summed E-state index contributed by atoms with van der Waals surface area (Å²) in [5.41, 5.74) is 0. The van der Waals surface area contributed by atoms with Crippen molar-refractivity contribution in [3.63, 3.8) is 0 Å². The van der Waals surface area contributed by atoms with Crippen molar-refractivity contribution in [2.24, 2.45) is 0 Å². The number of carbonyl (C=O) groups is 1. The van der Waals surface area contributed by atoms with Crippen LogP contribution >= 0.6 is 0 Å². The molecule has 0 fully saturated rings. The summed E-state index contributed by atoms with van der Waals surface area (Å²) in [6, 6.07) is 0. The molecule has 3 nitrogen and oxygen atoms in total. The van der Waals surface area contributed by atoms with Crippen molar-refractivity contribution >= 4 is 5.97 Å². The fraction of sp³-hybridized carbons (Fsp3) is 0.923. The molecule has 0 saturated carbocycles. The summed E-state index contributed by atoms with van der Waals surface area (Å²) in [5, 5.41) is 7.57. The molecule has 0 aliphatic carbocycles. The molecule has 0 aromatic heterocycles. The largest absolute Gasteiger partial charge is 0.466 e. The molecule has 0 unspecified atom stereocenters. The van der Waals surface area contributed by atoms with Gasteiger partial charge in [0.15, 0.2) is 0 Å². The lowest BCUT2D eigenvalue weighted by Crippen LogP contribution is -2.03. The summed E-state index contributed by atoms with van der Waals surface area (Å²) < 4.78 is 4.83. The lowest BCUT2D eigenvalue weighted by atomic mass is 10.1. The summed E-state index contributed by atoms with van der Waals surface area (Å²) >= 11 is 0. The van der Waals surface area contributed by atoms with E-state index in [4.69, 9.17) is 9.84 Å². The van der Waals surface area contributed by atoms with Crippen LogP contribution in [0.4, 0.5) is 0 Å². The van der Waals surface area contributed by atoms with Gasteiger partial charge in [-0.3, -0.25) is 4.79 Å². The molecule has 0 atom stereocenters. The quantitative estimate of drug-likeness (QED) is 0.516. The first-order valence-corrected chi connectivity index (χ1v) is 6.49. The number of esters is 1. The monoisotopic (exact) mass is 232 g/mol. The molecule has 0 radical (unpaired) electrons. The Morgan fingerprint density at radius 1 is 1.00 bits per heavy atom. The van der Waals surface area contributed by atoms with E-state index in [0.717, 1.165) is 6.42 Å². The number of aliphatic hydroxyl groups is 1. The van der Waals surface area contributed by atoms with Crippen molar-refractivity contribution in [1.29, 1.82) is 0 Å². The van der Waals surface area contributed by atoms with Gasteiger partial charge in [-0.25, -0.2) is 0 Å². The van der Waals surface area contributed by atoms with Gasteiger partial charge in [-0.05, 0) is 20.3 Å². The molecule has 0 aromatic carbocycles. The second-order valence-electron chi connectivity index (χ2n) is 3.64. The Morgan fingerprint density at radius 2 is 1.50 bits per heavy atom. The SMILES string of the molecule is CCCCCCCCC(=O)OCC.CCO. The smallest absolute Gasteiger partial charge is 0.305 e. The van der Waals surface area contributed by atoms with Crippen molar-refractivity contribution in [3.05, 3.63) is 0 Å². The number of rotatable bonds is 8. The zero-order valence-electron chi connectivity index (χ0n) is 11.1. The highest BCUT2D eigenvalue weighted by atomic mass is 16.5. The van der Waals surface area contributed by atoms with Gasteiger partial charge in [0, 0.05) is 13.0 Å². The molecular formula is C13H28O3. The minimum Gasteiger partial charge on any atom is -0.466 e. The lowest BCUT2D eigenvalue weighted by molar-refractivity contribution is -0.143. The molecule has 3 heteroatoms. The third-order valence-electron chi connectivity index (χ3n) is 2.04. The highest BCUT2D eigenvalue weighted by molar-refractivity contribution is 5.69. The Labute approximate surface area is 100 Å². The van der Waals surface area contributed by atoms with Crippen molar-refractivity contribution in [1.82, 2.24) is 0 Å². The van der Waals surface area contributed by atoms with Crippen LogP contribution in [-0.2, 0) is 9.53 Å². The van der Waals surface area contributed by atoms with E-state index in [-0.39, 0.29) is 12.6 Å². The predicted molar refractivity (Wildman–Crippen MR) is 67.4 cm³/mol. The molecule has 0 aliphatic rings. The van der Waals surface area contributed by atoms with Crippen LogP contribution in [0, 0.1) is 0 Å². The first kappa shape index (κ1) is 17.8. The molecule has 0 heterocycles. The van der Waals surface area contributed by atoms with Gasteiger partial charge < -0.3 is 9.84 Å². The molecule has 0 aromatic rings. The first-order valence-electron chi connectivity index (χ1n) is 6.49. The molecule has 98 valence electrons. The molecule has 0 saturated heterocycles. The van der Waals surface area contributed by atoms with E-state index >= 15 is 0 Å². The predicted octanol–water partition coefficient (Wildman–Crippen LogP) is 3.30. The second-order valence-corrected chi connectivity index (χ2v) is 3.64. The van der Waals surface area contributed by atoms with E-state index in [1.54, 1.807) is 6.92 Å². The summed E-state index contributed by atoms with van der Waals surface area (Å²) in [5.74, 6) is -0.0435. The minimum atomic E-state index is -0.0435. The Kier molecular flexibility index (Phi) is 18.8. The van der Waals surface area contributed by atoms with E-state index < -0.39 is 0 Å². The van der Waals surface area contributed by atoms with Gasteiger partial charge in [0.25, 0.3) is 0 Å². The van der Waals surface area contributed by atoms with Crippen LogP contribution in [0.15, 0.2) is 0 Å². The van der Waals surface area contributed by atoms with Crippen LogP contribution in [0.5, 0.6) is 0 Å². The number of unbranched alkanes of at least 4 members (excludes halogenated alkanes) is 5. The van der Waals surface area contributed by atoms with E-state index in [9.17, 15) is 4.79 Å². The van der Waals surface area contributed by atoms with E-state index in [2.05, 4.69) is 6.92 Å². The van der Waals surface area contributed by atoms with Gasteiger partial charge in [0.1, 0.15) is 0 Å². The normalized spacial score (nSPS) is 9.25. The Morgan fingerprint density at radius 3 is 2.00 bits per heavy atom. The summed E-state index contributed by atoms with van der Waals surface area (Å²) in [6.45, 7) is 6.49. The molecule has 16 heavy (non-hydrogen) atoms. The topological polar surface area (TPSA) is 46.5 Å². The Hall–Kier alpha value is -0.570. The van der Waals surface area contributed by atoms with Crippen LogP contribution in [0.3, 0.4) is 0 Å². The number of carbonyl (C=O) groups excluding carboxylic acids is 1. The zero-order chi connectivity index (χ0) is 12.6. The third kappa shape index (κ3) is 19.1. The molecule has 0 rings (SSSR count). The summed E-state index contributed by atoms with van der Waals surface area (Å²) in [7, 11) is 0. The molecule has 0 spiro atoms. The summed E-state index contributed by atoms with van der Waals surface area (Å²) in [6.07, 6.45) is 7.91. The van der Waals surface area contributed by atoms with Gasteiger partial charge in [-0.2, -0.15) is 0 Å². The summed E-state index contributed by atoms with van der Waals surface area (Å²) in [4.78, 5) is 10.9. The van der Waals surface area contributed by atoms with Gasteiger partial charge in [-0.15, -0.1) is 0 Å². The third-order valence-corrected chi connectivity index (χ3v) is 2.04. The standard InChI is InChI=1S/C11H22O2.C2H6O/c1-3-5-6-7-8-9-10-11(12)13-4-2;1-2-3/h3-10H2,1-2H3;3H,2H2,1H3. The minimum absolute atomic E-state index is 0.0435. The average molecular weight is 232 g/mol. The van der Waals surface area contributed by atoms with Gasteiger partial charge >= 0.3 is 5.97 Å². The maximum Gasteiger partial charge on any atom is 0.305 e. The maximum atomic E-state index is 10.9. The van der Waals surface area contributed by atoms with Crippen LogP contribution in [0.2, 0.25) is 0 Å². The van der Waals surface area contributed by atoms with Crippen LogP contribution < -0.4 is 0 Å². The maximum absolute atomic E-state index is 10.9. The van der Waals surface area contributed by atoms with Gasteiger partial charge in [0.2, 0.25) is 0 Å². The van der Waals surface area contributed by atoms with E-state index in [0.29, 0.717) is 13.0 Å². The highest BCUT2D eigenvalue weighted by Gasteiger charge is 1.99. The van der Waals surface area contributed by atoms with Gasteiger partial charge in [0.05, 0.1) is 6.61 Å². The fourth-order valence-corrected chi connectivity index (χ4v) is 1.28.